The first-order valence-electron chi connectivity index (χ1n) is 12.1. The van der Waals surface area contributed by atoms with E-state index in [9.17, 15) is 4.79 Å². The fraction of sp³-hybridized carbons (Fsp3) is 0.292. The molecular formula is C24H24N10O4S. The van der Waals surface area contributed by atoms with Gasteiger partial charge in [0.2, 0.25) is 0 Å². The number of thiazole rings is 1. The van der Waals surface area contributed by atoms with Crippen molar-refractivity contribution in [1.29, 1.82) is 0 Å². The number of methoxy groups -OCH3 is 2. The number of aromatic amines is 1. The number of carbonyl (C=O) groups excluding carboxylic acids is 1. The third kappa shape index (κ3) is 4.67. The first-order chi connectivity index (χ1) is 19.2. The van der Waals surface area contributed by atoms with Crippen molar-refractivity contribution in [2.24, 2.45) is 0 Å². The van der Waals surface area contributed by atoms with Gasteiger partial charge in [0.25, 0.3) is 11.1 Å². The van der Waals surface area contributed by atoms with Crippen LogP contribution in [0.4, 0.5) is 10.7 Å². The van der Waals surface area contributed by atoms with Crippen molar-refractivity contribution in [3.63, 3.8) is 0 Å². The molecule has 15 heteroatoms. The number of hydrogen-bond acceptors (Lipinski definition) is 12. The Bertz CT molecular complexity index is 1590. The van der Waals surface area contributed by atoms with E-state index in [0.29, 0.717) is 54.6 Å². The van der Waals surface area contributed by atoms with Crippen LogP contribution in [0, 0.1) is 0 Å². The van der Waals surface area contributed by atoms with E-state index in [4.69, 9.17) is 14.2 Å². The number of rotatable bonds is 7. The van der Waals surface area contributed by atoms with Crippen molar-refractivity contribution in [2.75, 3.05) is 45.3 Å². The number of piperazine rings is 1. The van der Waals surface area contributed by atoms with Crippen LogP contribution in [0.1, 0.15) is 5.56 Å². The minimum atomic E-state index is -0.395. The van der Waals surface area contributed by atoms with Crippen molar-refractivity contribution in [3.8, 4) is 27.3 Å². The maximum Gasteiger partial charge on any atom is 0.410 e. The first-order valence-corrected chi connectivity index (χ1v) is 12.9. The van der Waals surface area contributed by atoms with Crippen LogP contribution in [-0.4, -0.2) is 91.5 Å². The molecule has 1 N–H and O–H groups in total. The number of tetrazole rings is 1. The second kappa shape index (κ2) is 10.5. The lowest BCUT2D eigenvalue weighted by Crippen LogP contribution is -2.49. The van der Waals surface area contributed by atoms with Gasteiger partial charge in [0.1, 0.15) is 18.1 Å². The Hall–Kier alpha value is -4.79. The van der Waals surface area contributed by atoms with E-state index < -0.39 is 6.09 Å². The van der Waals surface area contributed by atoms with Crippen molar-refractivity contribution < 1.29 is 19.0 Å². The molecule has 0 spiro atoms. The quantitative estimate of drug-likeness (QED) is 0.320. The Morgan fingerprint density at radius 3 is 2.69 bits per heavy atom. The Labute approximate surface area is 226 Å². The molecule has 5 aromatic rings. The normalized spacial score (nSPS) is 13.6. The molecule has 14 nitrogen and oxygen atoms in total. The summed E-state index contributed by atoms with van der Waals surface area (Å²) in [6, 6.07) is 5.54. The molecule has 39 heavy (non-hydrogen) atoms. The molecule has 1 saturated heterocycles. The summed E-state index contributed by atoms with van der Waals surface area (Å²) in [6.07, 6.45) is 6.47. The van der Waals surface area contributed by atoms with Gasteiger partial charge < -0.3 is 29.0 Å². The van der Waals surface area contributed by atoms with Gasteiger partial charge in [-0.2, -0.15) is 4.68 Å². The number of anilines is 1. The van der Waals surface area contributed by atoms with E-state index in [-0.39, 0.29) is 6.61 Å². The Morgan fingerprint density at radius 1 is 1.08 bits per heavy atom. The lowest BCUT2D eigenvalue weighted by molar-refractivity contribution is 0.0943. The third-order valence-electron chi connectivity index (χ3n) is 6.36. The molecular weight excluding hydrogens is 524 g/mol. The van der Waals surface area contributed by atoms with E-state index >= 15 is 0 Å². The first kappa shape index (κ1) is 24.5. The SMILES string of the molecule is COc1ncc(-c2ncc(OC)c3c(COC(=O)N4CCN(c5nnnn5-c5ccccn5)CC4)c[nH]c23)s1. The fourth-order valence-corrected chi connectivity index (χ4v) is 5.16. The Morgan fingerprint density at radius 2 is 1.95 bits per heavy atom. The Kier molecular flexibility index (Phi) is 6.62. The van der Waals surface area contributed by atoms with Gasteiger partial charge in [0.05, 0.1) is 42.4 Å². The number of nitrogens with zero attached hydrogens (tertiary/aromatic N) is 9. The van der Waals surface area contributed by atoms with Gasteiger partial charge in [0, 0.05) is 44.1 Å². The van der Waals surface area contributed by atoms with Gasteiger partial charge in [-0.25, -0.2) is 19.7 Å². The molecule has 0 unspecified atom stereocenters. The largest absolute Gasteiger partial charge is 0.494 e. The average molecular weight is 549 g/mol. The molecule has 5 aromatic heterocycles. The number of carbonyl (C=O) groups is 1. The zero-order valence-corrected chi connectivity index (χ0v) is 22.0. The topological polar surface area (TPSA) is 149 Å². The minimum Gasteiger partial charge on any atom is -0.494 e. The van der Waals surface area contributed by atoms with Crippen LogP contribution in [0.15, 0.2) is 43.0 Å². The van der Waals surface area contributed by atoms with Crippen molar-refractivity contribution in [3.05, 3.63) is 48.5 Å². The second-order valence-corrected chi connectivity index (χ2v) is 9.53. The number of ether oxygens (including phenoxy) is 3. The molecule has 1 aliphatic rings. The van der Waals surface area contributed by atoms with Crippen molar-refractivity contribution in [1.82, 2.24) is 45.0 Å². The van der Waals surface area contributed by atoms with Crippen LogP contribution in [0.3, 0.4) is 0 Å². The molecule has 0 saturated carbocycles. The summed E-state index contributed by atoms with van der Waals surface area (Å²) >= 11 is 1.39. The molecule has 6 heterocycles. The molecule has 0 bridgehead atoms. The van der Waals surface area contributed by atoms with Gasteiger partial charge in [-0.1, -0.05) is 22.5 Å². The summed E-state index contributed by atoms with van der Waals surface area (Å²) in [4.78, 5) is 33.8. The van der Waals surface area contributed by atoms with Crippen LogP contribution in [-0.2, 0) is 11.3 Å². The number of fused-ring (bicyclic) bond motifs is 1. The smallest absolute Gasteiger partial charge is 0.410 e. The number of hydrogen-bond donors (Lipinski definition) is 1. The second-order valence-electron chi connectivity index (χ2n) is 8.54. The predicted octanol–water partition coefficient (Wildman–Crippen LogP) is 2.53. The van der Waals surface area contributed by atoms with E-state index in [1.807, 2.05) is 23.1 Å². The predicted molar refractivity (Wildman–Crippen MR) is 141 cm³/mol. The van der Waals surface area contributed by atoms with Gasteiger partial charge in [-0.3, -0.25) is 0 Å². The van der Waals surface area contributed by atoms with E-state index in [1.165, 1.54) is 11.3 Å². The van der Waals surface area contributed by atoms with Crippen molar-refractivity contribution >= 4 is 34.3 Å². The highest BCUT2D eigenvalue weighted by Crippen LogP contribution is 2.38. The van der Waals surface area contributed by atoms with Gasteiger partial charge >= 0.3 is 6.09 Å². The number of amides is 1. The highest BCUT2D eigenvalue weighted by atomic mass is 32.1. The molecule has 6 rings (SSSR count). The van der Waals surface area contributed by atoms with Gasteiger partial charge in [-0.05, 0) is 22.6 Å². The van der Waals surface area contributed by atoms with Crippen LogP contribution in [0.2, 0.25) is 0 Å². The molecule has 1 aliphatic heterocycles. The maximum absolute atomic E-state index is 12.9. The third-order valence-corrected chi connectivity index (χ3v) is 7.32. The standard InChI is InChI=1S/C24H24N10O4S/c1-36-16-12-27-20(17-13-28-23(37-2)39-17)21-19(16)15(11-26-21)14-38-24(35)33-9-7-32(8-10-33)22-29-30-31-34(22)18-5-3-4-6-25-18/h3-6,11-13,26H,7-10,14H2,1-2H3. The van der Waals surface area contributed by atoms with Crippen molar-refractivity contribution in [2.45, 2.75) is 6.61 Å². The maximum atomic E-state index is 12.9. The molecule has 0 aliphatic carbocycles. The molecule has 200 valence electrons. The summed E-state index contributed by atoms with van der Waals surface area (Å²) in [5.74, 6) is 1.79. The van der Waals surface area contributed by atoms with Crippen LogP contribution >= 0.6 is 11.3 Å². The number of nitrogens with one attached hydrogen (secondary N) is 1. The number of pyridine rings is 2. The summed E-state index contributed by atoms with van der Waals surface area (Å²) < 4.78 is 18.1. The lowest BCUT2D eigenvalue weighted by atomic mass is 10.1. The van der Waals surface area contributed by atoms with E-state index in [2.05, 4.69) is 35.5 Å². The molecule has 0 atom stereocenters. The zero-order chi connectivity index (χ0) is 26.8. The highest BCUT2D eigenvalue weighted by Gasteiger charge is 2.26. The number of H-pyrrole nitrogens is 1. The minimum absolute atomic E-state index is 0.0722. The average Bonchev–Trinajstić information content (AvgIpc) is 3.76. The molecule has 1 fully saturated rings. The monoisotopic (exact) mass is 548 g/mol. The molecule has 0 radical (unpaired) electrons. The van der Waals surface area contributed by atoms with E-state index in [1.54, 1.807) is 48.6 Å². The highest BCUT2D eigenvalue weighted by molar-refractivity contribution is 7.16. The number of aromatic nitrogens is 8. The van der Waals surface area contributed by atoms with Gasteiger partial charge in [0.15, 0.2) is 5.82 Å². The summed E-state index contributed by atoms with van der Waals surface area (Å²) in [7, 11) is 3.16. The summed E-state index contributed by atoms with van der Waals surface area (Å²) in [5.41, 5.74) is 2.27. The van der Waals surface area contributed by atoms with Gasteiger partial charge in [-0.15, -0.1) is 0 Å². The van der Waals surface area contributed by atoms with Crippen LogP contribution in [0.5, 0.6) is 10.9 Å². The summed E-state index contributed by atoms with van der Waals surface area (Å²) in [5, 5.41) is 13.4. The fourth-order valence-electron chi connectivity index (χ4n) is 4.43. The summed E-state index contributed by atoms with van der Waals surface area (Å²) in [6.45, 7) is 2.11. The Balaban J connectivity index is 1.13. The van der Waals surface area contributed by atoms with E-state index in [0.717, 1.165) is 21.3 Å². The van der Waals surface area contributed by atoms with Crippen LogP contribution < -0.4 is 14.4 Å². The molecule has 1 amide bonds. The zero-order valence-electron chi connectivity index (χ0n) is 21.1. The molecule has 0 aromatic carbocycles. The lowest BCUT2D eigenvalue weighted by Gasteiger charge is -2.34. The van der Waals surface area contributed by atoms with Crippen LogP contribution in [0.25, 0.3) is 27.3 Å².